The van der Waals surface area contributed by atoms with Gasteiger partial charge in [-0.05, 0) is 38.5 Å². The van der Waals surface area contributed by atoms with Crippen molar-refractivity contribution in [1.29, 1.82) is 0 Å². The summed E-state index contributed by atoms with van der Waals surface area (Å²) in [6, 6.07) is 0. The fourth-order valence-corrected chi connectivity index (χ4v) is 7.45. The molecule has 0 aliphatic heterocycles. The number of rotatable bonds is 46. The standard InChI is InChI=1S/C51H96O6/c1-4-7-10-13-16-19-21-22-23-24-25-26-27-28-29-30-31-33-35-38-41-44-50(53)56-47-48(46-55-49(52)43-40-37-34-18-15-12-9-6-3)57-51(54)45-42-39-36-32-20-17-14-11-8-5-2/h11,14,48H,4-10,12-13,15-47H2,1-3H3/b14-11-. The highest BCUT2D eigenvalue weighted by Crippen LogP contribution is 2.16. The van der Waals surface area contributed by atoms with Crippen LogP contribution in [-0.2, 0) is 28.6 Å². The van der Waals surface area contributed by atoms with Crippen LogP contribution in [0.1, 0.15) is 278 Å². The number of esters is 3. The van der Waals surface area contributed by atoms with Crippen molar-refractivity contribution < 1.29 is 28.6 Å². The fraction of sp³-hybridized carbons (Fsp3) is 0.902. The van der Waals surface area contributed by atoms with Gasteiger partial charge < -0.3 is 14.2 Å². The molecule has 0 aromatic rings. The smallest absolute Gasteiger partial charge is 0.306 e. The molecule has 1 atom stereocenters. The summed E-state index contributed by atoms with van der Waals surface area (Å²) in [5, 5.41) is 0. The van der Waals surface area contributed by atoms with Crippen LogP contribution >= 0.6 is 0 Å². The van der Waals surface area contributed by atoms with Crippen LogP contribution in [0.4, 0.5) is 0 Å². The van der Waals surface area contributed by atoms with Gasteiger partial charge in [-0.15, -0.1) is 0 Å². The van der Waals surface area contributed by atoms with E-state index in [0.29, 0.717) is 19.3 Å². The molecular formula is C51H96O6. The lowest BCUT2D eigenvalue weighted by Gasteiger charge is -2.18. The van der Waals surface area contributed by atoms with E-state index >= 15 is 0 Å². The van der Waals surface area contributed by atoms with Gasteiger partial charge in [0.25, 0.3) is 0 Å². The summed E-state index contributed by atoms with van der Waals surface area (Å²) in [6.07, 6.45) is 50.8. The number of unbranched alkanes of at least 4 members (excludes halogenated alkanes) is 33. The first-order chi connectivity index (χ1) is 28.0. The van der Waals surface area contributed by atoms with E-state index in [-0.39, 0.29) is 31.1 Å². The van der Waals surface area contributed by atoms with Gasteiger partial charge in [-0.25, -0.2) is 0 Å². The SMILES string of the molecule is CCC/C=C\CCCCCCCC(=O)OC(COC(=O)CCCCCCCCCC)COC(=O)CCCCCCCCCCCCCCCCCCCCCCC. The zero-order chi connectivity index (χ0) is 41.5. The van der Waals surface area contributed by atoms with E-state index < -0.39 is 6.10 Å². The average Bonchev–Trinajstić information content (AvgIpc) is 3.21. The predicted molar refractivity (Wildman–Crippen MR) is 243 cm³/mol. The normalized spacial score (nSPS) is 12.0. The molecule has 0 amide bonds. The van der Waals surface area contributed by atoms with Crippen molar-refractivity contribution in [2.75, 3.05) is 13.2 Å². The molecule has 6 nitrogen and oxygen atoms in total. The largest absolute Gasteiger partial charge is 0.462 e. The second-order valence-corrected chi connectivity index (χ2v) is 17.1. The molecule has 57 heavy (non-hydrogen) atoms. The van der Waals surface area contributed by atoms with Crippen LogP contribution in [0, 0.1) is 0 Å². The summed E-state index contributed by atoms with van der Waals surface area (Å²) >= 11 is 0. The molecule has 6 heteroatoms. The summed E-state index contributed by atoms with van der Waals surface area (Å²) in [4.78, 5) is 37.7. The predicted octanol–water partition coefficient (Wildman–Crippen LogP) is 16.2. The molecule has 336 valence electrons. The molecular weight excluding hydrogens is 709 g/mol. The molecule has 0 saturated heterocycles. The van der Waals surface area contributed by atoms with Crippen LogP contribution in [-0.4, -0.2) is 37.2 Å². The highest BCUT2D eigenvalue weighted by atomic mass is 16.6. The third kappa shape index (κ3) is 45.1. The minimum atomic E-state index is -0.765. The lowest BCUT2D eigenvalue weighted by Crippen LogP contribution is -2.30. The van der Waals surface area contributed by atoms with Crippen molar-refractivity contribution in [1.82, 2.24) is 0 Å². The Labute approximate surface area is 354 Å². The quantitative estimate of drug-likeness (QED) is 0.0264. The van der Waals surface area contributed by atoms with E-state index in [1.807, 2.05) is 0 Å². The number of ether oxygens (including phenoxy) is 3. The van der Waals surface area contributed by atoms with Gasteiger partial charge in [-0.2, -0.15) is 0 Å². The Morgan fingerprint density at radius 3 is 0.947 bits per heavy atom. The summed E-state index contributed by atoms with van der Waals surface area (Å²) in [7, 11) is 0. The van der Waals surface area contributed by atoms with E-state index in [9.17, 15) is 14.4 Å². The van der Waals surface area contributed by atoms with Crippen LogP contribution < -0.4 is 0 Å². The Morgan fingerprint density at radius 2 is 0.614 bits per heavy atom. The molecule has 0 spiro atoms. The maximum absolute atomic E-state index is 12.7. The van der Waals surface area contributed by atoms with E-state index in [2.05, 4.69) is 32.9 Å². The molecule has 0 heterocycles. The van der Waals surface area contributed by atoms with Gasteiger partial charge in [0, 0.05) is 19.3 Å². The molecule has 1 unspecified atom stereocenters. The summed E-state index contributed by atoms with van der Waals surface area (Å²) in [5.41, 5.74) is 0. The highest BCUT2D eigenvalue weighted by molar-refractivity contribution is 5.71. The fourth-order valence-electron chi connectivity index (χ4n) is 7.45. The Morgan fingerprint density at radius 1 is 0.333 bits per heavy atom. The minimum absolute atomic E-state index is 0.0690. The first kappa shape index (κ1) is 55.2. The lowest BCUT2D eigenvalue weighted by atomic mass is 10.0. The molecule has 0 aromatic carbocycles. The Hall–Kier alpha value is -1.85. The molecule has 0 rings (SSSR count). The summed E-state index contributed by atoms with van der Waals surface area (Å²) in [5.74, 6) is -0.872. The molecule has 0 aliphatic carbocycles. The second kappa shape index (κ2) is 46.8. The number of allylic oxidation sites excluding steroid dienone is 2. The maximum atomic E-state index is 12.7. The monoisotopic (exact) mass is 805 g/mol. The third-order valence-electron chi connectivity index (χ3n) is 11.3. The van der Waals surface area contributed by atoms with Crippen LogP contribution in [0.25, 0.3) is 0 Å². The molecule has 0 radical (unpaired) electrons. The van der Waals surface area contributed by atoms with Crippen LogP contribution in [0.2, 0.25) is 0 Å². The number of carbonyl (C=O) groups excluding carboxylic acids is 3. The lowest BCUT2D eigenvalue weighted by molar-refractivity contribution is -0.167. The van der Waals surface area contributed by atoms with E-state index in [4.69, 9.17) is 14.2 Å². The Balaban J connectivity index is 4.13. The minimum Gasteiger partial charge on any atom is -0.462 e. The number of hydrogen-bond donors (Lipinski definition) is 0. The number of carbonyl (C=O) groups is 3. The third-order valence-corrected chi connectivity index (χ3v) is 11.3. The van der Waals surface area contributed by atoms with Crippen LogP contribution in [0.15, 0.2) is 12.2 Å². The van der Waals surface area contributed by atoms with E-state index in [0.717, 1.165) is 70.6 Å². The van der Waals surface area contributed by atoms with Crippen molar-refractivity contribution in [3.8, 4) is 0 Å². The Kier molecular flexibility index (Phi) is 45.3. The van der Waals surface area contributed by atoms with Crippen molar-refractivity contribution in [2.45, 2.75) is 284 Å². The van der Waals surface area contributed by atoms with Crippen molar-refractivity contribution >= 4 is 17.9 Å². The van der Waals surface area contributed by atoms with Crippen molar-refractivity contribution in [2.24, 2.45) is 0 Å². The van der Waals surface area contributed by atoms with Gasteiger partial charge in [-0.3, -0.25) is 14.4 Å². The zero-order valence-corrected chi connectivity index (χ0v) is 38.4. The van der Waals surface area contributed by atoms with Crippen molar-refractivity contribution in [3.63, 3.8) is 0 Å². The highest BCUT2D eigenvalue weighted by Gasteiger charge is 2.19. The first-order valence-corrected chi connectivity index (χ1v) is 25.2. The molecule has 0 fully saturated rings. The van der Waals surface area contributed by atoms with Crippen molar-refractivity contribution in [3.05, 3.63) is 12.2 Å². The molecule has 0 aliphatic rings. The van der Waals surface area contributed by atoms with Crippen LogP contribution in [0.3, 0.4) is 0 Å². The molecule has 0 N–H and O–H groups in total. The van der Waals surface area contributed by atoms with Gasteiger partial charge in [-0.1, -0.05) is 232 Å². The average molecular weight is 805 g/mol. The maximum Gasteiger partial charge on any atom is 0.306 e. The van der Waals surface area contributed by atoms with Crippen LogP contribution in [0.5, 0.6) is 0 Å². The van der Waals surface area contributed by atoms with E-state index in [1.54, 1.807) is 0 Å². The van der Waals surface area contributed by atoms with Gasteiger partial charge in [0.15, 0.2) is 6.10 Å². The summed E-state index contributed by atoms with van der Waals surface area (Å²) in [6.45, 7) is 6.57. The Bertz CT molecular complexity index is 885. The first-order valence-electron chi connectivity index (χ1n) is 25.2. The second-order valence-electron chi connectivity index (χ2n) is 17.1. The molecule has 0 saturated carbocycles. The van der Waals surface area contributed by atoms with Gasteiger partial charge in [0.1, 0.15) is 13.2 Å². The summed E-state index contributed by atoms with van der Waals surface area (Å²) < 4.78 is 16.7. The van der Waals surface area contributed by atoms with E-state index in [1.165, 1.54) is 167 Å². The van der Waals surface area contributed by atoms with Gasteiger partial charge in [0.05, 0.1) is 0 Å². The van der Waals surface area contributed by atoms with Gasteiger partial charge >= 0.3 is 17.9 Å². The molecule has 0 aromatic heterocycles. The number of hydrogen-bond acceptors (Lipinski definition) is 6. The van der Waals surface area contributed by atoms with Gasteiger partial charge in [0.2, 0.25) is 0 Å². The topological polar surface area (TPSA) is 78.9 Å². The molecule has 0 bridgehead atoms. The zero-order valence-electron chi connectivity index (χ0n) is 38.4.